The largest absolute Gasteiger partial charge is 0.444 e. The smallest absolute Gasteiger partial charge is 0.410 e. The Kier molecular flexibility index (Phi) is 4.69. The van der Waals surface area contributed by atoms with Crippen LogP contribution in [0.5, 0.6) is 0 Å². The zero-order chi connectivity index (χ0) is 22.5. The highest BCUT2D eigenvalue weighted by Gasteiger charge is 2.48. The van der Waals surface area contributed by atoms with Crippen molar-refractivity contribution in [1.29, 1.82) is 0 Å². The number of aliphatic imine (C=N–C) groups is 1. The standard InChI is InChI=1S/C22H23N7O3/c1-22(2,3)31-21(30)29-10-6-9-15(29)18-19(23-4)16(13-11-24-26-20(13)25-18)12-7-5-8-14-17(12)28-32-27-14/h5,7-8,11,15-16,19H,6,9-10H2,1-3H3,(H,24,26). The number of hydrogen-bond acceptors (Lipinski definition) is 7. The van der Waals surface area contributed by atoms with Gasteiger partial charge in [0.25, 0.3) is 6.04 Å². The molecule has 1 fully saturated rings. The van der Waals surface area contributed by atoms with Gasteiger partial charge in [-0.3, -0.25) is 10.00 Å². The molecule has 0 spiro atoms. The van der Waals surface area contributed by atoms with E-state index < -0.39 is 11.6 Å². The molecule has 10 heteroatoms. The number of nitrogens with one attached hydrogen (secondary N) is 1. The molecule has 3 aromatic rings. The highest BCUT2D eigenvalue weighted by atomic mass is 16.6. The molecule has 2 aromatic heterocycles. The molecule has 4 heterocycles. The Hall–Kier alpha value is -3.74. The van der Waals surface area contributed by atoms with Crippen LogP contribution in [-0.4, -0.2) is 61.4 Å². The van der Waals surface area contributed by atoms with Crippen LogP contribution in [-0.2, 0) is 4.74 Å². The van der Waals surface area contributed by atoms with Gasteiger partial charge in [-0.15, -0.1) is 0 Å². The van der Waals surface area contributed by atoms with E-state index in [4.69, 9.17) is 20.9 Å². The van der Waals surface area contributed by atoms with E-state index in [2.05, 4.69) is 25.4 Å². The number of carbonyl (C=O) groups excluding carboxylic acids is 1. The second-order valence-corrected chi connectivity index (χ2v) is 9.07. The van der Waals surface area contributed by atoms with Crippen molar-refractivity contribution in [2.24, 2.45) is 4.99 Å². The minimum atomic E-state index is -0.629. The second kappa shape index (κ2) is 7.44. The summed E-state index contributed by atoms with van der Waals surface area (Å²) >= 11 is 0. The Bertz CT molecular complexity index is 1250. The van der Waals surface area contributed by atoms with E-state index in [-0.39, 0.29) is 18.1 Å². The quantitative estimate of drug-likeness (QED) is 0.614. The fraction of sp³-hybridized carbons (Fsp3) is 0.455. The Balaban J connectivity index is 1.59. The van der Waals surface area contributed by atoms with Gasteiger partial charge in [0.05, 0.1) is 18.2 Å². The van der Waals surface area contributed by atoms with Crippen LogP contribution in [0, 0.1) is 6.57 Å². The van der Waals surface area contributed by atoms with Crippen LogP contribution in [0.2, 0.25) is 0 Å². The van der Waals surface area contributed by atoms with E-state index in [0.29, 0.717) is 29.1 Å². The Morgan fingerprint density at radius 2 is 2.16 bits per heavy atom. The van der Waals surface area contributed by atoms with Crippen molar-refractivity contribution >= 4 is 28.7 Å². The maximum Gasteiger partial charge on any atom is 0.410 e. The van der Waals surface area contributed by atoms with Crippen molar-refractivity contribution in [2.75, 3.05) is 6.54 Å². The number of likely N-dealkylation sites (tertiary alicyclic amines) is 1. The molecule has 1 saturated heterocycles. The molecule has 1 aromatic carbocycles. The summed E-state index contributed by atoms with van der Waals surface area (Å²) in [5.41, 5.74) is 2.89. The first-order chi connectivity index (χ1) is 15.4. The fourth-order valence-corrected chi connectivity index (χ4v) is 4.58. The topological polar surface area (TPSA) is 114 Å². The average Bonchev–Trinajstić information content (AvgIpc) is 3.50. The molecular weight excluding hydrogens is 410 g/mol. The monoisotopic (exact) mass is 433 g/mol. The summed E-state index contributed by atoms with van der Waals surface area (Å²) in [5.74, 6) is 0.222. The van der Waals surface area contributed by atoms with Gasteiger partial charge in [0.1, 0.15) is 22.3 Å². The Morgan fingerprint density at radius 1 is 1.31 bits per heavy atom. The third kappa shape index (κ3) is 3.30. The Morgan fingerprint density at radius 3 is 2.94 bits per heavy atom. The molecule has 2 aliphatic rings. The summed E-state index contributed by atoms with van der Waals surface area (Å²) in [6.07, 6.45) is 2.85. The van der Waals surface area contributed by atoms with Gasteiger partial charge >= 0.3 is 6.09 Å². The first kappa shape index (κ1) is 20.2. The van der Waals surface area contributed by atoms with Crippen molar-refractivity contribution in [3.05, 3.63) is 46.9 Å². The van der Waals surface area contributed by atoms with Crippen molar-refractivity contribution in [2.45, 2.75) is 57.2 Å². The van der Waals surface area contributed by atoms with E-state index >= 15 is 0 Å². The van der Waals surface area contributed by atoms with Crippen LogP contribution >= 0.6 is 0 Å². The number of amides is 1. The number of rotatable bonds is 2. The first-order valence-electron chi connectivity index (χ1n) is 10.6. The molecule has 1 N–H and O–H groups in total. The number of carbonyl (C=O) groups is 1. The normalized spacial score (nSPS) is 23.0. The maximum absolute atomic E-state index is 12.9. The summed E-state index contributed by atoms with van der Waals surface area (Å²) < 4.78 is 10.6. The highest BCUT2D eigenvalue weighted by Crippen LogP contribution is 2.43. The number of ether oxygens (including phenoxy) is 1. The van der Waals surface area contributed by atoms with Gasteiger partial charge in [0.2, 0.25) is 0 Å². The lowest BCUT2D eigenvalue weighted by molar-refractivity contribution is 0.0264. The lowest BCUT2D eigenvalue weighted by Crippen LogP contribution is -2.48. The first-order valence-corrected chi connectivity index (χ1v) is 10.6. The summed E-state index contributed by atoms with van der Waals surface area (Å²) in [5, 5.41) is 15.2. The lowest BCUT2D eigenvalue weighted by Gasteiger charge is -2.32. The van der Waals surface area contributed by atoms with Crippen LogP contribution in [0.1, 0.15) is 50.7 Å². The van der Waals surface area contributed by atoms with Gasteiger partial charge in [-0.25, -0.2) is 21.0 Å². The van der Waals surface area contributed by atoms with E-state index in [1.165, 1.54) is 0 Å². The van der Waals surface area contributed by atoms with Crippen molar-refractivity contribution in [3.8, 4) is 0 Å². The zero-order valence-corrected chi connectivity index (χ0v) is 18.1. The SMILES string of the molecule is [C-]#[N+]C1C(C2CCCN2C(=O)OC(C)(C)C)=Nc2[nH]ncc2C1c1cccc2nonc12. The molecule has 5 rings (SSSR count). The summed E-state index contributed by atoms with van der Waals surface area (Å²) in [7, 11) is 0. The number of H-pyrrole nitrogens is 1. The van der Waals surface area contributed by atoms with Crippen LogP contribution < -0.4 is 0 Å². The van der Waals surface area contributed by atoms with E-state index in [0.717, 1.165) is 24.0 Å². The number of fused-ring (bicyclic) bond motifs is 2. The van der Waals surface area contributed by atoms with Crippen molar-refractivity contribution < 1.29 is 14.2 Å². The Labute approximate surface area is 184 Å². The predicted molar refractivity (Wildman–Crippen MR) is 116 cm³/mol. The molecule has 0 saturated carbocycles. The molecule has 3 unspecified atom stereocenters. The molecule has 164 valence electrons. The number of aromatic nitrogens is 4. The van der Waals surface area contributed by atoms with Gasteiger partial charge < -0.3 is 9.58 Å². The van der Waals surface area contributed by atoms with Gasteiger partial charge in [-0.2, -0.15) is 5.10 Å². The number of benzene rings is 1. The average molecular weight is 433 g/mol. The molecule has 0 radical (unpaired) electrons. The van der Waals surface area contributed by atoms with Crippen molar-refractivity contribution in [1.82, 2.24) is 25.4 Å². The minimum absolute atomic E-state index is 0.322. The summed E-state index contributed by atoms with van der Waals surface area (Å²) in [6, 6.07) is 4.66. The summed E-state index contributed by atoms with van der Waals surface area (Å²) in [6.45, 7) is 14.2. The van der Waals surface area contributed by atoms with Crippen LogP contribution in [0.25, 0.3) is 15.9 Å². The molecular formula is C22H23N7O3. The fourth-order valence-electron chi connectivity index (χ4n) is 4.58. The highest BCUT2D eigenvalue weighted by molar-refractivity contribution is 6.02. The van der Waals surface area contributed by atoms with Gasteiger partial charge in [0, 0.05) is 12.1 Å². The molecule has 32 heavy (non-hydrogen) atoms. The third-order valence-corrected chi connectivity index (χ3v) is 5.86. The zero-order valence-electron chi connectivity index (χ0n) is 18.1. The number of nitrogens with zero attached hydrogens (tertiary/aromatic N) is 6. The van der Waals surface area contributed by atoms with E-state index in [9.17, 15) is 4.79 Å². The van der Waals surface area contributed by atoms with Gasteiger partial charge in [-0.05, 0) is 55.6 Å². The molecule has 3 atom stereocenters. The third-order valence-electron chi connectivity index (χ3n) is 5.86. The van der Waals surface area contributed by atoms with E-state index in [1.807, 2.05) is 39.0 Å². The van der Waals surface area contributed by atoms with Crippen LogP contribution in [0.4, 0.5) is 10.6 Å². The predicted octanol–water partition coefficient (Wildman–Crippen LogP) is 3.85. The lowest BCUT2D eigenvalue weighted by atomic mass is 9.79. The second-order valence-electron chi connectivity index (χ2n) is 9.07. The summed E-state index contributed by atoms with van der Waals surface area (Å²) in [4.78, 5) is 23.4. The molecule has 2 aliphatic heterocycles. The molecule has 1 amide bonds. The molecule has 10 nitrogen and oxygen atoms in total. The maximum atomic E-state index is 12.9. The number of aromatic amines is 1. The number of hydrogen-bond donors (Lipinski definition) is 1. The molecule has 0 aliphatic carbocycles. The van der Waals surface area contributed by atoms with Crippen LogP contribution in [0.3, 0.4) is 0 Å². The van der Waals surface area contributed by atoms with Crippen molar-refractivity contribution in [3.63, 3.8) is 0 Å². The van der Waals surface area contributed by atoms with E-state index in [1.54, 1.807) is 11.1 Å². The van der Waals surface area contributed by atoms with Gasteiger partial charge in [0.15, 0.2) is 5.82 Å². The molecule has 0 bridgehead atoms. The minimum Gasteiger partial charge on any atom is -0.444 e. The van der Waals surface area contributed by atoms with Crippen LogP contribution in [0.15, 0.2) is 34.0 Å². The van der Waals surface area contributed by atoms with Gasteiger partial charge in [-0.1, -0.05) is 12.1 Å².